The molecule has 0 aliphatic rings. The fourth-order valence-electron chi connectivity index (χ4n) is 3.91. The molecule has 0 aromatic heterocycles. The van der Waals surface area contributed by atoms with E-state index in [2.05, 4.69) is 26.6 Å². The number of nitrogens with one attached hydrogen (secondary N) is 2. The van der Waals surface area contributed by atoms with Crippen LogP contribution in [0.3, 0.4) is 0 Å². The van der Waals surface area contributed by atoms with Gasteiger partial charge in [0.25, 0.3) is 5.91 Å². The van der Waals surface area contributed by atoms with Crippen molar-refractivity contribution in [3.63, 3.8) is 0 Å². The summed E-state index contributed by atoms with van der Waals surface area (Å²) in [5, 5.41) is 7.79. The lowest BCUT2D eigenvalue weighted by molar-refractivity contribution is -0.147. The van der Waals surface area contributed by atoms with Crippen LogP contribution >= 0.6 is 15.9 Å². The summed E-state index contributed by atoms with van der Waals surface area (Å²) in [5.41, 5.74) is 3.17. The van der Waals surface area contributed by atoms with Crippen molar-refractivity contribution in [1.82, 2.24) is 0 Å². The van der Waals surface area contributed by atoms with Gasteiger partial charge in [-0.05, 0) is 90.7 Å². The van der Waals surface area contributed by atoms with E-state index in [1.165, 1.54) is 0 Å². The molecule has 7 nitrogen and oxygen atoms in total. The van der Waals surface area contributed by atoms with Crippen LogP contribution in [0.1, 0.15) is 30.4 Å². The molecule has 0 saturated heterocycles. The first-order valence-corrected chi connectivity index (χ1v) is 13.3. The lowest BCUT2D eigenvalue weighted by atomic mass is 10.1. The van der Waals surface area contributed by atoms with Gasteiger partial charge in [0.15, 0.2) is 6.61 Å². The Morgan fingerprint density at radius 1 is 0.744 bits per heavy atom. The molecule has 0 atom stereocenters. The Balaban J connectivity index is 1.15. The standard InChI is InChI=1S/C31H29BrN2O5/c1-20-17-28(21(2)16-27(20)32)34-30(36)19-38-31(37)9-5-8-29(35)33-24-11-14-25(15-12-24)39-26-13-10-22-6-3-4-7-23(22)18-26/h3-4,6-7,10-18H,5,8-9,19H2,1-2H3,(H,33,35)(H,34,36). The third-order valence-corrected chi connectivity index (χ3v) is 6.88. The highest BCUT2D eigenvalue weighted by Gasteiger charge is 2.12. The molecule has 0 unspecified atom stereocenters. The van der Waals surface area contributed by atoms with Crippen molar-refractivity contribution < 1.29 is 23.9 Å². The smallest absolute Gasteiger partial charge is 0.306 e. The monoisotopic (exact) mass is 588 g/mol. The molecule has 4 aromatic carbocycles. The van der Waals surface area contributed by atoms with Crippen molar-refractivity contribution in [2.24, 2.45) is 0 Å². The lowest BCUT2D eigenvalue weighted by Gasteiger charge is -2.11. The highest BCUT2D eigenvalue weighted by molar-refractivity contribution is 9.10. The molecule has 200 valence electrons. The number of benzene rings is 4. The second-order valence-electron chi connectivity index (χ2n) is 9.16. The van der Waals surface area contributed by atoms with Crippen LogP contribution in [0.25, 0.3) is 10.8 Å². The van der Waals surface area contributed by atoms with Gasteiger partial charge in [-0.15, -0.1) is 0 Å². The maximum Gasteiger partial charge on any atom is 0.306 e. The number of rotatable bonds is 10. The zero-order chi connectivity index (χ0) is 27.8. The number of carbonyl (C=O) groups is 3. The third-order valence-electron chi connectivity index (χ3n) is 6.02. The van der Waals surface area contributed by atoms with Gasteiger partial charge in [-0.1, -0.05) is 46.3 Å². The highest BCUT2D eigenvalue weighted by atomic mass is 79.9. The highest BCUT2D eigenvalue weighted by Crippen LogP contribution is 2.27. The summed E-state index contributed by atoms with van der Waals surface area (Å²) in [4.78, 5) is 36.5. The summed E-state index contributed by atoms with van der Waals surface area (Å²) in [6.45, 7) is 3.42. The number of esters is 1. The molecule has 2 amide bonds. The zero-order valence-corrected chi connectivity index (χ0v) is 23.3. The van der Waals surface area contributed by atoms with E-state index in [1.54, 1.807) is 24.3 Å². The Bertz CT molecular complexity index is 1500. The van der Waals surface area contributed by atoms with Gasteiger partial charge >= 0.3 is 5.97 Å². The van der Waals surface area contributed by atoms with Crippen LogP contribution in [0, 0.1) is 13.8 Å². The van der Waals surface area contributed by atoms with E-state index < -0.39 is 11.9 Å². The van der Waals surface area contributed by atoms with E-state index in [0.717, 1.165) is 32.1 Å². The average Bonchev–Trinajstić information content (AvgIpc) is 2.91. The van der Waals surface area contributed by atoms with E-state index in [4.69, 9.17) is 9.47 Å². The predicted molar refractivity (Wildman–Crippen MR) is 156 cm³/mol. The third kappa shape index (κ3) is 8.15. The SMILES string of the molecule is Cc1cc(NC(=O)COC(=O)CCCC(=O)Nc2ccc(Oc3ccc4ccccc4c3)cc2)c(C)cc1Br. The minimum absolute atomic E-state index is 0.0374. The minimum atomic E-state index is -0.531. The predicted octanol–water partition coefficient (Wildman–Crippen LogP) is 7.30. The van der Waals surface area contributed by atoms with E-state index in [0.29, 0.717) is 23.5 Å². The first-order chi connectivity index (χ1) is 18.8. The molecule has 0 heterocycles. The number of amides is 2. The van der Waals surface area contributed by atoms with E-state index in [9.17, 15) is 14.4 Å². The van der Waals surface area contributed by atoms with E-state index in [-0.39, 0.29) is 25.4 Å². The van der Waals surface area contributed by atoms with Crippen molar-refractivity contribution in [1.29, 1.82) is 0 Å². The summed E-state index contributed by atoms with van der Waals surface area (Å²) >= 11 is 3.45. The second-order valence-corrected chi connectivity index (χ2v) is 10.0. The molecule has 4 aromatic rings. The number of halogens is 1. The molecule has 0 aliphatic carbocycles. The molecule has 0 fully saturated rings. The number of hydrogen-bond donors (Lipinski definition) is 2. The van der Waals surface area contributed by atoms with Gasteiger partial charge in [0.1, 0.15) is 11.5 Å². The van der Waals surface area contributed by atoms with Gasteiger partial charge in [-0.2, -0.15) is 0 Å². The molecule has 2 N–H and O–H groups in total. The molecule has 0 spiro atoms. The van der Waals surface area contributed by atoms with Gasteiger partial charge in [0.2, 0.25) is 5.91 Å². The van der Waals surface area contributed by atoms with Gasteiger partial charge < -0.3 is 20.1 Å². The summed E-state index contributed by atoms with van der Waals surface area (Å²) in [7, 11) is 0. The lowest BCUT2D eigenvalue weighted by Crippen LogP contribution is -2.21. The van der Waals surface area contributed by atoms with E-state index >= 15 is 0 Å². The Morgan fingerprint density at radius 3 is 2.23 bits per heavy atom. The topological polar surface area (TPSA) is 93.7 Å². The summed E-state index contributed by atoms with van der Waals surface area (Å²) in [6.07, 6.45) is 0.490. The minimum Gasteiger partial charge on any atom is -0.457 e. The first kappa shape index (κ1) is 27.9. The van der Waals surface area contributed by atoms with Crippen LogP contribution < -0.4 is 15.4 Å². The average molecular weight is 589 g/mol. The Labute approximate surface area is 235 Å². The number of anilines is 2. The molecule has 0 radical (unpaired) electrons. The van der Waals surface area contributed by atoms with Gasteiger partial charge in [0, 0.05) is 28.7 Å². The van der Waals surface area contributed by atoms with Crippen molar-refractivity contribution in [2.75, 3.05) is 17.2 Å². The van der Waals surface area contributed by atoms with Crippen molar-refractivity contribution in [3.8, 4) is 11.5 Å². The molecule has 39 heavy (non-hydrogen) atoms. The number of aryl methyl sites for hydroxylation is 2. The Morgan fingerprint density at radius 2 is 1.46 bits per heavy atom. The number of fused-ring (bicyclic) bond motifs is 1. The Hall–Kier alpha value is -4.17. The molecular formula is C31H29BrN2O5. The maximum atomic E-state index is 12.3. The summed E-state index contributed by atoms with van der Waals surface area (Å²) in [6, 6.07) is 24.8. The van der Waals surface area contributed by atoms with Crippen LogP contribution in [0.5, 0.6) is 11.5 Å². The first-order valence-electron chi connectivity index (χ1n) is 12.6. The van der Waals surface area contributed by atoms with Gasteiger partial charge in [0.05, 0.1) is 0 Å². The molecule has 8 heteroatoms. The van der Waals surface area contributed by atoms with Crippen molar-refractivity contribution in [3.05, 3.63) is 94.5 Å². The van der Waals surface area contributed by atoms with Gasteiger partial charge in [-0.25, -0.2) is 0 Å². The van der Waals surface area contributed by atoms with Crippen LogP contribution in [-0.2, 0) is 19.1 Å². The van der Waals surface area contributed by atoms with Crippen LogP contribution in [0.15, 0.2) is 83.3 Å². The fraction of sp³-hybridized carbons (Fsp3) is 0.194. The summed E-state index contributed by atoms with van der Waals surface area (Å²) < 4.78 is 11.9. The zero-order valence-electron chi connectivity index (χ0n) is 21.8. The largest absolute Gasteiger partial charge is 0.457 e. The molecule has 4 rings (SSSR count). The van der Waals surface area contributed by atoms with Crippen LogP contribution in [0.2, 0.25) is 0 Å². The maximum absolute atomic E-state index is 12.3. The quantitative estimate of drug-likeness (QED) is 0.189. The number of carbonyl (C=O) groups excluding carboxylic acids is 3. The molecule has 0 aliphatic heterocycles. The molecular weight excluding hydrogens is 560 g/mol. The van der Waals surface area contributed by atoms with Crippen LogP contribution in [0.4, 0.5) is 11.4 Å². The second kappa shape index (κ2) is 13.1. The van der Waals surface area contributed by atoms with Crippen molar-refractivity contribution in [2.45, 2.75) is 33.1 Å². The van der Waals surface area contributed by atoms with E-state index in [1.807, 2.05) is 68.4 Å². The molecule has 0 bridgehead atoms. The molecule has 0 saturated carbocycles. The fourth-order valence-corrected chi connectivity index (χ4v) is 4.37. The van der Waals surface area contributed by atoms with Gasteiger partial charge in [-0.3, -0.25) is 14.4 Å². The normalized spacial score (nSPS) is 10.6. The summed E-state index contributed by atoms with van der Waals surface area (Å²) in [5.74, 6) is 0.217. The Kier molecular flexibility index (Phi) is 9.33. The van der Waals surface area contributed by atoms with Crippen LogP contribution in [-0.4, -0.2) is 24.4 Å². The van der Waals surface area contributed by atoms with Crippen molar-refractivity contribution >= 4 is 55.9 Å². The number of ether oxygens (including phenoxy) is 2. The number of hydrogen-bond acceptors (Lipinski definition) is 5.